The topological polar surface area (TPSA) is 54.0 Å². The Hall–Kier alpha value is -0.940. The van der Waals surface area contributed by atoms with E-state index in [-0.39, 0.29) is 5.91 Å². The maximum absolute atomic E-state index is 11.3. The molecule has 0 bridgehead atoms. The van der Waals surface area contributed by atoms with E-state index in [2.05, 4.69) is 15.6 Å². The molecule has 0 unspecified atom stereocenters. The minimum atomic E-state index is 0.161. The Labute approximate surface area is 93.1 Å². The van der Waals surface area contributed by atoms with Crippen molar-refractivity contribution >= 4 is 17.2 Å². The molecule has 1 aromatic rings. The summed E-state index contributed by atoms with van der Waals surface area (Å²) in [6, 6.07) is 0.471. The maximum Gasteiger partial charge on any atom is 0.221 e. The van der Waals surface area contributed by atoms with Crippen LogP contribution in [0, 0.1) is 0 Å². The second kappa shape index (κ2) is 5.23. The lowest BCUT2D eigenvalue weighted by atomic mass is 10.4. The van der Waals surface area contributed by atoms with Crippen LogP contribution in [0.5, 0.6) is 0 Å². The van der Waals surface area contributed by atoms with E-state index in [1.165, 1.54) is 4.88 Å². The first-order valence-electron chi connectivity index (χ1n) is 5.22. The third kappa shape index (κ3) is 3.97. The van der Waals surface area contributed by atoms with Gasteiger partial charge in [-0.25, -0.2) is 0 Å². The van der Waals surface area contributed by atoms with Crippen LogP contribution in [-0.4, -0.2) is 23.5 Å². The largest absolute Gasteiger partial charge is 0.353 e. The number of rotatable bonds is 6. The van der Waals surface area contributed by atoms with Crippen LogP contribution in [0.4, 0.5) is 0 Å². The molecule has 1 amide bonds. The van der Waals surface area contributed by atoms with Gasteiger partial charge < -0.3 is 10.6 Å². The first-order chi connectivity index (χ1) is 7.34. The molecule has 0 radical (unpaired) electrons. The monoisotopic (exact) mass is 225 g/mol. The highest BCUT2D eigenvalue weighted by Gasteiger charge is 2.22. The van der Waals surface area contributed by atoms with Gasteiger partial charge in [0.25, 0.3) is 0 Å². The van der Waals surface area contributed by atoms with Crippen LogP contribution >= 0.6 is 11.3 Å². The van der Waals surface area contributed by atoms with Crippen molar-refractivity contribution in [3.8, 4) is 0 Å². The predicted octanol–water partition coefficient (Wildman–Crippen LogP) is 0.901. The second-order valence-corrected chi connectivity index (χ2v) is 4.71. The second-order valence-electron chi connectivity index (χ2n) is 3.74. The van der Waals surface area contributed by atoms with E-state index in [9.17, 15) is 4.79 Å². The summed E-state index contributed by atoms with van der Waals surface area (Å²) in [4.78, 5) is 16.5. The minimum absolute atomic E-state index is 0.161. The summed E-state index contributed by atoms with van der Waals surface area (Å²) in [7, 11) is 0. The standard InChI is InChI=1S/C10H15N3OS/c14-10(13-8-1-2-8)3-4-11-5-9-6-12-7-15-9/h6-8,11H,1-5H2,(H,13,14). The average Bonchev–Trinajstić information content (AvgIpc) is 2.87. The highest BCUT2D eigenvalue weighted by Crippen LogP contribution is 2.18. The molecule has 1 aliphatic carbocycles. The summed E-state index contributed by atoms with van der Waals surface area (Å²) < 4.78 is 0. The molecule has 15 heavy (non-hydrogen) atoms. The number of hydrogen-bond donors (Lipinski definition) is 2. The van der Waals surface area contributed by atoms with Crippen molar-refractivity contribution < 1.29 is 4.79 Å². The highest BCUT2D eigenvalue weighted by atomic mass is 32.1. The van der Waals surface area contributed by atoms with Crippen molar-refractivity contribution in [2.45, 2.75) is 31.8 Å². The van der Waals surface area contributed by atoms with Gasteiger partial charge in [0.1, 0.15) is 0 Å². The molecule has 2 N–H and O–H groups in total. The average molecular weight is 225 g/mol. The fraction of sp³-hybridized carbons (Fsp3) is 0.600. The lowest BCUT2D eigenvalue weighted by molar-refractivity contribution is -0.121. The number of nitrogens with one attached hydrogen (secondary N) is 2. The highest BCUT2D eigenvalue weighted by molar-refractivity contribution is 7.09. The van der Waals surface area contributed by atoms with Crippen LogP contribution in [0.1, 0.15) is 24.1 Å². The number of nitrogens with zero attached hydrogens (tertiary/aromatic N) is 1. The molecule has 82 valence electrons. The van der Waals surface area contributed by atoms with Crippen molar-refractivity contribution in [2.24, 2.45) is 0 Å². The molecular weight excluding hydrogens is 210 g/mol. The molecule has 0 aromatic carbocycles. The number of carbonyl (C=O) groups is 1. The Balaban J connectivity index is 1.52. The van der Waals surface area contributed by atoms with Crippen molar-refractivity contribution in [3.63, 3.8) is 0 Å². The zero-order valence-corrected chi connectivity index (χ0v) is 9.35. The van der Waals surface area contributed by atoms with Crippen LogP contribution in [-0.2, 0) is 11.3 Å². The molecule has 0 spiro atoms. The lowest BCUT2D eigenvalue weighted by Gasteiger charge is -2.03. The molecule has 4 nitrogen and oxygen atoms in total. The number of hydrogen-bond acceptors (Lipinski definition) is 4. The van der Waals surface area contributed by atoms with Crippen LogP contribution in [0.25, 0.3) is 0 Å². The summed E-state index contributed by atoms with van der Waals surface area (Å²) in [6.45, 7) is 1.54. The molecule has 1 aromatic heterocycles. The van der Waals surface area contributed by atoms with E-state index >= 15 is 0 Å². The molecule has 2 rings (SSSR count). The first-order valence-corrected chi connectivity index (χ1v) is 6.10. The van der Waals surface area contributed by atoms with Crippen LogP contribution < -0.4 is 10.6 Å². The molecule has 0 aliphatic heterocycles. The molecule has 1 saturated carbocycles. The molecule has 5 heteroatoms. The van der Waals surface area contributed by atoms with E-state index in [0.29, 0.717) is 12.5 Å². The Morgan fingerprint density at radius 3 is 3.13 bits per heavy atom. The van der Waals surface area contributed by atoms with E-state index in [0.717, 1.165) is 25.9 Å². The van der Waals surface area contributed by atoms with Gasteiger partial charge in [-0.1, -0.05) is 0 Å². The molecular formula is C10H15N3OS. The summed E-state index contributed by atoms with van der Waals surface area (Å²) >= 11 is 1.63. The van der Waals surface area contributed by atoms with Crippen molar-refractivity contribution in [1.82, 2.24) is 15.6 Å². The van der Waals surface area contributed by atoms with Gasteiger partial charge in [0, 0.05) is 36.6 Å². The normalized spacial score (nSPS) is 15.2. The SMILES string of the molecule is O=C(CCNCc1cncs1)NC1CC1. The van der Waals surface area contributed by atoms with Crippen molar-refractivity contribution in [3.05, 3.63) is 16.6 Å². The van der Waals surface area contributed by atoms with Gasteiger partial charge in [-0.2, -0.15) is 0 Å². The molecule has 0 atom stereocenters. The van der Waals surface area contributed by atoms with Gasteiger partial charge in [-0.3, -0.25) is 9.78 Å². The van der Waals surface area contributed by atoms with Gasteiger partial charge in [0.05, 0.1) is 5.51 Å². The first kappa shape index (κ1) is 10.6. The number of carbonyl (C=O) groups excluding carboxylic acids is 1. The van der Waals surface area contributed by atoms with E-state index in [4.69, 9.17) is 0 Å². The zero-order chi connectivity index (χ0) is 10.5. The summed E-state index contributed by atoms with van der Waals surface area (Å²) in [6.07, 6.45) is 4.72. The number of aromatic nitrogens is 1. The van der Waals surface area contributed by atoms with Gasteiger partial charge in [-0.05, 0) is 12.8 Å². The molecule has 1 heterocycles. The van der Waals surface area contributed by atoms with Crippen LogP contribution in [0.3, 0.4) is 0 Å². The van der Waals surface area contributed by atoms with Crippen LogP contribution in [0.15, 0.2) is 11.7 Å². The van der Waals surface area contributed by atoms with E-state index in [1.807, 2.05) is 11.7 Å². The van der Waals surface area contributed by atoms with Crippen molar-refractivity contribution in [1.29, 1.82) is 0 Å². The van der Waals surface area contributed by atoms with E-state index < -0.39 is 0 Å². The summed E-state index contributed by atoms with van der Waals surface area (Å²) in [5.41, 5.74) is 1.82. The Morgan fingerprint density at radius 2 is 2.47 bits per heavy atom. The fourth-order valence-corrected chi connectivity index (χ4v) is 1.83. The third-order valence-electron chi connectivity index (χ3n) is 2.25. The van der Waals surface area contributed by atoms with E-state index in [1.54, 1.807) is 11.3 Å². The maximum atomic E-state index is 11.3. The molecule has 1 aliphatic rings. The summed E-state index contributed by atoms with van der Waals surface area (Å²) in [5.74, 6) is 0.161. The minimum Gasteiger partial charge on any atom is -0.353 e. The predicted molar refractivity (Wildman–Crippen MR) is 59.6 cm³/mol. The molecule has 1 fully saturated rings. The zero-order valence-electron chi connectivity index (χ0n) is 8.53. The van der Waals surface area contributed by atoms with Gasteiger partial charge >= 0.3 is 0 Å². The van der Waals surface area contributed by atoms with Gasteiger partial charge in [0.15, 0.2) is 0 Å². The Bertz CT molecular complexity index is 308. The fourth-order valence-electron chi connectivity index (χ4n) is 1.27. The third-order valence-corrected chi connectivity index (χ3v) is 3.03. The summed E-state index contributed by atoms with van der Waals surface area (Å²) in [5, 5.41) is 6.18. The number of amides is 1. The van der Waals surface area contributed by atoms with Gasteiger partial charge in [0.2, 0.25) is 5.91 Å². The lowest BCUT2D eigenvalue weighted by Crippen LogP contribution is -2.28. The molecule has 0 saturated heterocycles. The van der Waals surface area contributed by atoms with Crippen LogP contribution in [0.2, 0.25) is 0 Å². The van der Waals surface area contributed by atoms with Gasteiger partial charge in [-0.15, -0.1) is 11.3 Å². The smallest absolute Gasteiger partial charge is 0.221 e. The Morgan fingerprint density at radius 1 is 1.60 bits per heavy atom. The quantitative estimate of drug-likeness (QED) is 0.707. The van der Waals surface area contributed by atoms with Crippen molar-refractivity contribution in [2.75, 3.05) is 6.54 Å². The number of thiazole rings is 1. The Kier molecular flexibility index (Phi) is 3.69.